The lowest BCUT2D eigenvalue weighted by molar-refractivity contribution is 0.579. The monoisotopic (exact) mass is 386 g/mol. The van der Waals surface area contributed by atoms with E-state index in [9.17, 15) is 13.6 Å². The van der Waals surface area contributed by atoms with E-state index in [2.05, 4.69) is 15.3 Å². The Balaban J connectivity index is 1.75. The van der Waals surface area contributed by atoms with Gasteiger partial charge >= 0.3 is 5.56 Å². The molecule has 0 aliphatic rings. The van der Waals surface area contributed by atoms with E-state index in [1.54, 1.807) is 6.20 Å². The van der Waals surface area contributed by atoms with E-state index in [1.165, 1.54) is 22.8 Å². The Morgan fingerprint density at radius 3 is 2.81 bits per heavy atom. The maximum absolute atomic E-state index is 13.8. The van der Waals surface area contributed by atoms with Gasteiger partial charge in [0.1, 0.15) is 5.82 Å². The second kappa shape index (κ2) is 6.85. The summed E-state index contributed by atoms with van der Waals surface area (Å²) in [7, 11) is 0. The summed E-state index contributed by atoms with van der Waals surface area (Å²) in [6.45, 7) is 0.148. The van der Waals surface area contributed by atoms with Crippen LogP contribution in [0.1, 0.15) is 5.56 Å². The zero-order valence-corrected chi connectivity index (χ0v) is 14.6. The van der Waals surface area contributed by atoms with Gasteiger partial charge in [0.15, 0.2) is 0 Å². The van der Waals surface area contributed by atoms with Crippen LogP contribution in [0.2, 0.25) is 5.02 Å². The highest BCUT2D eigenvalue weighted by atomic mass is 35.5. The third-order valence-corrected chi connectivity index (χ3v) is 4.42. The van der Waals surface area contributed by atoms with Crippen molar-refractivity contribution in [1.82, 2.24) is 14.5 Å². The van der Waals surface area contributed by atoms with Crippen molar-refractivity contribution < 1.29 is 8.78 Å². The molecule has 0 radical (unpaired) electrons. The van der Waals surface area contributed by atoms with E-state index in [0.717, 1.165) is 17.1 Å². The van der Waals surface area contributed by atoms with Crippen molar-refractivity contribution in [1.29, 1.82) is 0 Å². The van der Waals surface area contributed by atoms with Crippen molar-refractivity contribution in [2.75, 3.05) is 5.32 Å². The first-order valence-electron chi connectivity index (χ1n) is 8.05. The third-order valence-electron chi connectivity index (χ3n) is 4.13. The first-order chi connectivity index (χ1) is 13.0. The van der Waals surface area contributed by atoms with Crippen LogP contribution >= 0.6 is 11.6 Å². The summed E-state index contributed by atoms with van der Waals surface area (Å²) in [5.74, 6) is -1.36. The van der Waals surface area contributed by atoms with Crippen LogP contribution in [0.15, 0.2) is 59.7 Å². The van der Waals surface area contributed by atoms with Gasteiger partial charge in [0.2, 0.25) is 11.8 Å². The standard InChI is InChI=1S/C19H13ClF2N4O/c20-13-8-11(4-5-14(13)21)9-26-10-15(22)18(27)25-19(26)24-17-3-1-2-16-12(17)6-7-23-16/h1-8,10,23H,9H2,(H,24,25,27). The molecule has 5 nitrogen and oxygen atoms in total. The molecule has 2 N–H and O–H groups in total. The minimum Gasteiger partial charge on any atom is -0.361 e. The molecule has 0 unspecified atom stereocenters. The molecular formula is C19H13ClF2N4O. The lowest BCUT2D eigenvalue weighted by Crippen LogP contribution is -2.20. The molecule has 0 fully saturated rings. The molecule has 0 bridgehead atoms. The fraction of sp³-hybridized carbons (Fsp3) is 0.0526. The number of nitrogens with zero attached hydrogens (tertiary/aromatic N) is 2. The fourth-order valence-corrected chi connectivity index (χ4v) is 3.04. The van der Waals surface area contributed by atoms with Gasteiger partial charge in [-0.15, -0.1) is 0 Å². The minimum atomic E-state index is -0.978. The quantitative estimate of drug-likeness (QED) is 0.544. The number of H-pyrrole nitrogens is 1. The number of hydrogen-bond donors (Lipinski definition) is 2. The van der Waals surface area contributed by atoms with Crippen molar-refractivity contribution in [3.05, 3.63) is 87.4 Å². The fourth-order valence-electron chi connectivity index (χ4n) is 2.84. The van der Waals surface area contributed by atoms with Crippen molar-refractivity contribution in [2.45, 2.75) is 6.54 Å². The predicted molar refractivity (Wildman–Crippen MR) is 101 cm³/mol. The highest BCUT2D eigenvalue weighted by Gasteiger charge is 2.12. The molecule has 0 saturated carbocycles. The van der Waals surface area contributed by atoms with Crippen LogP contribution in [0, 0.1) is 11.6 Å². The van der Waals surface area contributed by atoms with Crippen molar-refractivity contribution in [3.63, 3.8) is 0 Å². The minimum absolute atomic E-state index is 0.0337. The normalized spacial score (nSPS) is 11.1. The topological polar surface area (TPSA) is 62.7 Å². The average molecular weight is 387 g/mol. The van der Waals surface area contributed by atoms with E-state index >= 15 is 0 Å². The second-order valence-electron chi connectivity index (χ2n) is 5.96. The maximum Gasteiger partial charge on any atom is 0.310 e. The summed E-state index contributed by atoms with van der Waals surface area (Å²) in [6, 6.07) is 11.7. The number of anilines is 2. The largest absolute Gasteiger partial charge is 0.361 e. The Labute approximate surface area is 157 Å². The molecule has 0 aliphatic heterocycles. The van der Waals surface area contributed by atoms with Gasteiger partial charge in [-0.05, 0) is 35.9 Å². The van der Waals surface area contributed by atoms with E-state index < -0.39 is 17.2 Å². The van der Waals surface area contributed by atoms with E-state index in [-0.39, 0.29) is 17.5 Å². The van der Waals surface area contributed by atoms with Crippen molar-refractivity contribution in [3.8, 4) is 0 Å². The van der Waals surface area contributed by atoms with Crippen LogP contribution in [-0.4, -0.2) is 14.5 Å². The first-order valence-corrected chi connectivity index (χ1v) is 8.43. The molecule has 0 atom stereocenters. The Morgan fingerprint density at radius 2 is 2.00 bits per heavy atom. The first kappa shape index (κ1) is 17.2. The summed E-state index contributed by atoms with van der Waals surface area (Å²) in [4.78, 5) is 18.6. The summed E-state index contributed by atoms with van der Waals surface area (Å²) in [5, 5.41) is 3.94. The highest BCUT2D eigenvalue weighted by Crippen LogP contribution is 2.25. The number of fused-ring (bicyclic) bond motifs is 1. The van der Waals surface area contributed by atoms with Crippen molar-refractivity contribution in [2.24, 2.45) is 0 Å². The molecule has 2 aromatic carbocycles. The molecule has 0 aliphatic carbocycles. The van der Waals surface area contributed by atoms with Crippen LogP contribution in [0.25, 0.3) is 10.9 Å². The molecule has 4 rings (SSSR count). The number of halogens is 3. The van der Waals surface area contributed by atoms with Crippen LogP contribution in [-0.2, 0) is 6.54 Å². The van der Waals surface area contributed by atoms with Crippen LogP contribution < -0.4 is 10.9 Å². The summed E-state index contributed by atoms with van der Waals surface area (Å²) >= 11 is 5.82. The summed E-state index contributed by atoms with van der Waals surface area (Å²) in [6.07, 6.45) is 2.85. The molecule has 2 heterocycles. The van der Waals surface area contributed by atoms with Gasteiger partial charge in [-0.3, -0.25) is 4.79 Å². The van der Waals surface area contributed by atoms with Gasteiger partial charge in [-0.25, -0.2) is 4.39 Å². The second-order valence-corrected chi connectivity index (χ2v) is 6.37. The molecule has 4 aromatic rings. The zero-order valence-electron chi connectivity index (χ0n) is 13.8. The van der Waals surface area contributed by atoms with Crippen LogP contribution in [0.3, 0.4) is 0 Å². The lowest BCUT2D eigenvalue weighted by atomic mass is 10.2. The van der Waals surface area contributed by atoms with Crippen LogP contribution in [0.5, 0.6) is 0 Å². The number of hydrogen-bond acceptors (Lipinski definition) is 3. The van der Waals surface area contributed by atoms with Gasteiger partial charge in [-0.1, -0.05) is 23.7 Å². The Hall–Kier alpha value is -3.19. The number of aromatic amines is 1. The van der Waals surface area contributed by atoms with E-state index in [4.69, 9.17) is 11.6 Å². The van der Waals surface area contributed by atoms with Crippen molar-refractivity contribution >= 4 is 34.1 Å². The highest BCUT2D eigenvalue weighted by molar-refractivity contribution is 6.30. The number of aromatic nitrogens is 3. The van der Waals surface area contributed by atoms with E-state index in [0.29, 0.717) is 11.3 Å². The Kier molecular flexibility index (Phi) is 4.37. The number of nitrogens with one attached hydrogen (secondary N) is 2. The Bertz CT molecular complexity index is 1200. The summed E-state index contributed by atoms with van der Waals surface area (Å²) in [5.41, 5.74) is 1.28. The van der Waals surface area contributed by atoms with Gasteiger partial charge < -0.3 is 14.9 Å². The van der Waals surface area contributed by atoms with Gasteiger partial charge in [0.25, 0.3) is 0 Å². The molecule has 8 heteroatoms. The third kappa shape index (κ3) is 3.41. The molecule has 0 amide bonds. The van der Waals surface area contributed by atoms with Crippen LogP contribution in [0.4, 0.5) is 20.4 Å². The smallest absolute Gasteiger partial charge is 0.310 e. The molecule has 27 heavy (non-hydrogen) atoms. The molecule has 0 spiro atoms. The summed E-state index contributed by atoms with van der Waals surface area (Å²) < 4.78 is 28.6. The maximum atomic E-state index is 13.8. The predicted octanol–water partition coefficient (Wildman–Crippen LogP) is 4.45. The van der Waals surface area contributed by atoms with Gasteiger partial charge in [0, 0.05) is 23.3 Å². The lowest BCUT2D eigenvalue weighted by Gasteiger charge is -2.15. The molecular weight excluding hydrogens is 374 g/mol. The van der Waals surface area contributed by atoms with E-state index in [1.807, 2.05) is 24.3 Å². The SMILES string of the molecule is O=c1nc(Nc2cccc3[nH]ccc23)n(Cc2ccc(F)c(Cl)c2)cc1F. The number of benzene rings is 2. The van der Waals surface area contributed by atoms with Gasteiger partial charge in [-0.2, -0.15) is 9.37 Å². The zero-order chi connectivity index (χ0) is 19.0. The average Bonchev–Trinajstić information content (AvgIpc) is 3.12. The number of rotatable bonds is 4. The van der Waals surface area contributed by atoms with Gasteiger partial charge in [0.05, 0.1) is 17.3 Å². The Morgan fingerprint density at radius 1 is 1.15 bits per heavy atom. The molecule has 0 saturated heterocycles. The molecule has 136 valence electrons. The molecule has 2 aromatic heterocycles.